The molecule has 0 aliphatic carbocycles. The molecule has 0 bridgehead atoms. The van der Waals surface area contributed by atoms with Crippen molar-refractivity contribution < 1.29 is 39.0 Å². The van der Waals surface area contributed by atoms with Crippen molar-refractivity contribution in [1.29, 1.82) is 0 Å². The van der Waals surface area contributed by atoms with E-state index in [9.17, 15) is 28.8 Å². The number of carboxylic acids is 2. The largest absolute Gasteiger partial charge is 0.481 e. The first-order chi connectivity index (χ1) is 15.9. The molecule has 0 aromatic heterocycles. The summed E-state index contributed by atoms with van der Waals surface area (Å²) in [7, 11) is 0. The maximum absolute atomic E-state index is 13.0. The molecule has 13 heteroatoms. The van der Waals surface area contributed by atoms with Gasteiger partial charge in [0.05, 0.1) is 12.5 Å². The summed E-state index contributed by atoms with van der Waals surface area (Å²) >= 11 is 0. The summed E-state index contributed by atoms with van der Waals surface area (Å²) in [6.45, 7) is 1.22. The molecule has 4 atom stereocenters. The van der Waals surface area contributed by atoms with Crippen LogP contribution < -0.4 is 27.4 Å². The Morgan fingerprint density at radius 1 is 0.882 bits per heavy atom. The van der Waals surface area contributed by atoms with Crippen LogP contribution in [0.15, 0.2) is 30.3 Å². The Morgan fingerprint density at radius 3 is 1.97 bits per heavy atom. The Kier molecular flexibility index (Phi) is 11.2. The van der Waals surface area contributed by atoms with Crippen molar-refractivity contribution in [3.05, 3.63) is 35.9 Å². The fourth-order valence-corrected chi connectivity index (χ4v) is 2.82. The molecule has 4 unspecified atom stereocenters. The van der Waals surface area contributed by atoms with Crippen LogP contribution >= 0.6 is 0 Å². The number of carboxylic acid groups (broad SMARTS) is 2. The van der Waals surface area contributed by atoms with Gasteiger partial charge in [0.2, 0.25) is 23.6 Å². The fraction of sp³-hybridized carbons (Fsp3) is 0.429. The zero-order chi connectivity index (χ0) is 25.8. The number of rotatable bonds is 14. The molecular formula is C21H29N5O8. The summed E-state index contributed by atoms with van der Waals surface area (Å²) in [5.41, 5.74) is 11.3. The lowest BCUT2D eigenvalue weighted by atomic mass is 10.0. The van der Waals surface area contributed by atoms with Crippen LogP contribution in [0.2, 0.25) is 0 Å². The van der Waals surface area contributed by atoms with E-state index in [1.165, 1.54) is 6.92 Å². The van der Waals surface area contributed by atoms with Crippen LogP contribution in [-0.2, 0) is 35.2 Å². The van der Waals surface area contributed by atoms with Crippen LogP contribution in [0.5, 0.6) is 0 Å². The maximum Gasteiger partial charge on any atom is 0.325 e. The molecule has 9 N–H and O–H groups in total. The van der Waals surface area contributed by atoms with Gasteiger partial charge in [-0.25, -0.2) is 0 Å². The van der Waals surface area contributed by atoms with E-state index in [4.69, 9.17) is 21.7 Å². The number of nitrogens with two attached hydrogens (primary N) is 2. The number of hydrogen-bond donors (Lipinski definition) is 7. The third-order valence-electron chi connectivity index (χ3n) is 4.69. The molecule has 0 saturated carbocycles. The maximum atomic E-state index is 13.0. The smallest absolute Gasteiger partial charge is 0.325 e. The standard InChI is InChI=1S/C21H29N5O8/c1-11(21(33)34)24-19(31)14(7-8-16(23)27)25-20(32)15(9-12-5-3-2-4-6-12)26-18(30)13(22)10-17(28)29/h2-6,11,13-15H,7-10,22H2,1H3,(H2,23,27)(H,24,31)(H,25,32)(H,26,30)(H,28,29)(H,33,34). The average Bonchev–Trinajstić information content (AvgIpc) is 2.75. The average molecular weight is 479 g/mol. The highest BCUT2D eigenvalue weighted by molar-refractivity contribution is 5.95. The van der Waals surface area contributed by atoms with Crippen molar-refractivity contribution in [2.75, 3.05) is 0 Å². The molecule has 1 aromatic carbocycles. The Bertz CT molecular complexity index is 908. The molecule has 13 nitrogen and oxygen atoms in total. The monoisotopic (exact) mass is 479 g/mol. The molecule has 1 rings (SSSR count). The van der Waals surface area contributed by atoms with Crippen LogP contribution in [0.4, 0.5) is 0 Å². The van der Waals surface area contributed by atoms with Gasteiger partial charge in [0.25, 0.3) is 0 Å². The Labute approximate surface area is 195 Å². The van der Waals surface area contributed by atoms with Crippen LogP contribution in [0.3, 0.4) is 0 Å². The summed E-state index contributed by atoms with van der Waals surface area (Å²) in [6, 6.07) is 3.26. The van der Waals surface area contributed by atoms with Gasteiger partial charge in [-0.15, -0.1) is 0 Å². The molecule has 0 radical (unpaired) electrons. The summed E-state index contributed by atoms with van der Waals surface area (Å²) in [6.07, 6.45) is -1.18. The van der Waals surface area contributed by atoms with E-state index in [0.29, 0.717) is 5.56 Å². The molecule has 0 spiro atoms. The van der Waals surface area contributed by atoms with Crippen molar-refractivity contribution >= 4 is 35.6 Å². The van der Waals surface area contributed by atoms with Gasteiger partial charge < -0.3 is 37.6 Å². The zero-order valence-corrected chi connectivity index (χ0v) is 18.5. The summed E-state index contributed by atoms with van der Waals surface area (Å²) in [4.78, 5) is 71.0. The molecule has 0 fully saturated rings. The number of carbonyl (C=O) groups excluding carboxylic acids is 4. The van der Waals surface area contributed by atoms with Gasteiger partial charge in [0, 0.05) is 12.8 Å². The first-order valence-electron chi connectivity index (χ1n) is 10.3. The lowest BCUT2D eigenvalue weighted by molar-refractivity contribution is -0.142. The molecular weight excluding hydrogens is 450 g/mol. The number of benzene rings is 1. The Hall–Kier alpha value is -4.00. The van der Waals surface area contributed by atoms with Crippen molar-refractivity contribution in [2.45, 2.75) is 56.8 Å². The molecule has 0 saturated heterocycles. The predicted molar refractivity (Wildman–Crippen MR) is 118 cm³/mol. The molecule has 0 heterocycles. The van der Waals surface area contributed by atoms with Gasteiger partial charge in [-0.2, -0.15) is 0 Å². The van der Waals surface area contributed by atoms with Crippen LogP contribution in [0.1, 0.15) is 31.7 Å². The molecule has 0 aliphatic rings. The topological polar surface area (TPSA) is 231 Å². The van der Waals surface area contributed by atoms with E-state index in [2.05, 4.69) is 16.0 Å². The highest BCUT2D eigenvalue weighted by Gasteiger charge is 2.30. The van der Waals surface area contributed by atoms with Crippen molar-refractivity contribution in [3.63, 3.8) is 0 Å². The minimum Gasteiger partial charge on any atom is -0.481 e. The lowest BCUT2D eigenvalue weighted by Crippen LogP contribution is -2.57. The van der Waals surface area contributed by atoms with Crippen LogP contribution in [0.25, 0.3) is 0 Å². The zero-order valence-electron chi connectivity index (χ0n) is 18.5. The minimum absolute atomic E-state index is 0.0199. The highest BCUT2D eigenvalue weighted by atomic mass is 16.4. The molecule has 1 aromatic rings. The normalized spacial score (nSPS) is 14.1. The van der Waals surface area contributed by atoms with Crippen molar-refractivity contribution in [2.24, 2.45) is 11.5 Å². The van der Waals surface area contributed by atoms with E-state index in [1.807, 2.05) is 0 Å². The first kappa shape index (κ1) is 28.0. The summed E-state index contributed by atoms with van der Waals surface area (Å²) in [5, 5.41) is 24.8. The van der Waals surface area contributed by atoms with Gasteiger partial charge in [-0.1, -0.05) is 30.3 Å². The minimum atomic E-state index is -1.42. The van der Waals surface area contributed by atoms with E-state index in [-0.39, 0.29) is 19.3 Å². The molecule has 34 heavy (non-hydrogen) atoms. The van der Waals surface area contributed by atoms with E-state index >= 15 is 0 Å². The number of primary amides is 1. The Balaban J connectivity index is 3.08. The number of nitrogens with one attached hydrogen (secondary N) is 3. The van der Waals surface area contributed by atoms with E-state index < -0.39 is 66.2 Å². The summed E-state index contributed by atoms with van der Waals surface area (Å²) in [5.74, 6) is -5.94. The lowest BCUT2D eigenvalue weighted by Gasteiger charge is -2.24. The number of amides is 4. The van der Waals surface area contributed by atoms with E-state index in [0.717, 1.165) is 0 Å². The van der Waals surface area contributed by atoms with E-state index in [1.54, 1.807) is 30.3 Å². The molecule has 0 aliphatic heterocycles. The van der Waals surface area contributed by atoms with Gasteiger partial charge in [0.1, 0.15) is 18.1 Å². The summed E-state index contributed by atoms with van der Waals surface area (Å²) < 4.78 is 0. The van der Waals surface area contributed by atoms with Gasteiger partial charge in [-0.05, 0) is 18.9 Å². The quantitative estimate of drug-likeness (QED) is 0.154. The Morgan fingerprint density at radius 2 is 1.44 bits per heavy atom. The van der Waals surface area contributed by atoms with Crippen LogP contribution in [0, 0.1) is 0 Å². The fourth-order valence-electron chi connectivity index (χ4n) is 2.82. The second-order valence-electron chi connectivity index (χ2n) is 7.59. The number of hydrogen-bond acceptors (Lipinski definition) is 7. The SMILES string of the molecule is CC(NC(=O)C(CCC(N)=O)NC(=O)C(Cc1ccccc1)NC(=O)C(N)CC(=O)O)C(=O)O. The van der Waals surface area contributed by atoms with Gasteiger partial charge >= 0.3 is 11.9 Å². The van der Waals surface area contributed by atoms with Crippen molar-refractivity contribution in [1.82, 2.24) is 16.0 Å². The van der Waals surface area contributed by atoms with Gasteiger partial charge in [0.15, 0.2) is 0 Å². The van der Waals surface area contributed by atoms with Crippen LogP contribution in [-0.4, -0.2) is 69.9 Å². The second-order valence-corrected chi connectivity index (χ2v) is 7.59. The van der Waals surface area contributed by atoms with Crippen molar-refractivity contribution in [3.8, 4) is 0 Å². The van der Waals surface area contributed by atoms with Gasteiger partial charge in [-0.3, -0.25) is 28.8 Å². The predicted octanol–water partition coefficient (Wildman–Crippen LogP) is -2.14. The highest BCUT2D eigenvalue weighted by Crippen LogP contribution is 2.06. The third kappa shape index (κ3) is 10.1. The molecule has 4 amide bonds. The third-order valence-corrected chi connectivity index (χ3v) is 4.69. The number of aliphatic carboxylic acids is 2. The number of carbonyl (C=O) groups is 6. The second kappa shape index (κ2) is 13.5. The first-order valence-corrected chi connectivity index (χ1v) is 10.3. The molecule has 186 valence electrons.